The number of carbonyl (C=O) groups is 1. The number of allylic oxidation sites excluding steroid dienone is 2. The van der Waals surface area contributed by atoms with Crippen molar-refractivity contribution in [1.82, 2.24) is 20.1 Å². The Morgan fingerprint density at radius 1 is 1.16 bits per heavy atom. The molecule has 0 radical (unpaired) electrons. The minimum Gasteiger partial charge on any atom is -0.496 e. The van der Waals surface area contributed by atoms with Gasteiger partial charge in [-0.25, -0.2) is 4.98 Å². The summed E-state index contributed by atoms with van der Waals surface area (Å²) in [4.78, 5) is 25.6. The second kappa shape index (κ2) is 14.8. The quantitative estimate of drug-likeness (QED) is 0.386. The monoisotopic (exact) mass is 607 g/mol. The smallest absolute Gasteiger partial charge is 0.224 e. The van der Waals surface area contributed by atoms with Crippen LogP contribution < -0.4 is 15.0 Å². The molecule has 0 aliphatic carbocycles. The van der Waals surface area contributed by atoms with E-state index in [1.165, 1.54) is 16.7 Å². The molecule has 3 saturated heterocycles. The van der Waals surface area contributed by atoms with Crippen LogP contribution in [0.2, 0.25) is 0 Å². The van der Waals surface area contributed by atoms with Crippen molar-refractivity contribution in [3.8, 4) is 5.75 Å². The van der Waals surface area contributed by atoms with Crippen molar-refractivity contribution in [2.75, 3.05) is 64.4 Å². The van der Waals surface area contributed by atoms with Gasteiger partial charge in [-0.15, -0.1) is 11.3 Å². The topological polar surface area (TPSA) is 81.2 Å². The number of methoxy groups -OCH3 is 1. The molecule has 5 rings (SSSR count). The molecule has 43 heavy (non-hydrogen) atoms. The zero-order valence-electron chi connectivity index (χ0n) is 26.2. The van der Waals surface area contributed by atoms with Gasteiger partial charge >= 0.3 is 0 Å². The van der Waals surface area contributed by atoms with E-state index in [1.54, 1.807) is 18.4 Å². The Morgan fingerprint density at radius 2 is 1.93 bits per heavy atom. The van der Waals surface area contributed by atoms with Crippen LogP contribution in [-0.4, -0.2) is 91.4 Å². The van der Waals surface area contributed by atoms with Crippen molar-refractivity contribution in [1.29, 1.82) is 0 Å². The maximum absolute atomic E-state index is 13.6. The molecule has 1 amide bonds. The van der Waals surface area contributed by atoms with Gasteiger partial charge in [-0.1, -0.05) is 24.8 Å². The van der Waals surface area contributed by atoms with Crippen molar-refractivity contribution in [3.05, 3.63) is 58.1 Å². The highest BCUT2D eigenvalue weighted by Gasteiger charge is 2.32. The maximum Gasteiger partial charge on any atom is 0.224 e. The van der Waals surface area contributed by atoms with Gasteiger partial charge in [-0.3, -0.25) is 9.69 Å². The van der Waals surface area contributed by atoms with E-state index in [2.05, 4.69) is 53.1 Å². The lowest BCUT2D eigenvalue weighted by Gasteiger charge is -2.33. The average Bonchev–Trinajstić information content (AvgIpc) is 3.39. The van der Waals surface area contributed by atoms with Gasteiger partial charge in [0, 0.05) is 56.6 Å². The first-order valence-corrected chi connectivity index (χ1v) is 16.9. The van der Waals surface area contributed by atoms with E-state index in [4.69, 9.17) is 9.72 Å². The zero-order valence-corrected chi connectivity index (χ0v) is 27.0. The van der Waals surface area contributed by atoms with Gasteiger partial charge in [0.1, 0.15) is 5.75 Å². The number of ether oxygens (including phenoxy) is 1. The molecule has 3 fully saturated rings. The van der Waals surface area contributed by atoms with E-state index < -0.39 is 0 Å². The normalized spacial score (nSPS) is 21.6. The number of hydrogen-bond donors (Lipinski definition) is 2. The van der Waals surface area contributed by atoms with Crippen LogP contribution in [0.1, 0.15) is 78.4 Å². The summed E-state index contributed by atoms with van der Waals surface area (Å²) in [6.07, 6.45) is 10.9. The molecule has 2 N–H and O–H groups in total. The lowest BCUT2D eigenvalue weighted by atomic mass is 9.84. The molecule has 2 atom stereocenters. The minimum atomic E-state index is -0.213. The van der Waals surface area contributed by atoms with Gasteiger partial charge in [-0.2, -0.15) is 0 Å². The van der Waals surface area contributed by atoms with E-state index in [9.17, 15) is 9.90 Å². The first kappa shape index (κ1) is 31.7. The van der Waals surface area contributed by atoms with E-state index >= 15 is 0 Å². The third-order valence-electron chi connectivity index (χ3n) is 9.46. The van der Waals surface area contributed by atoms with Crippen molar-refractivity contribution in [2.24, 2.45) is 0 Å². The number of piperidine rings is 1. The molecule has 9 heteroatoms. The third-order valence-corrected chi connectivity index (χ3v) is 10.4. The number of aromatic nitrogens is 1. The molecule has 234 valence electrons. The Labute approximate surface area is 261 Å². The molecule has 0 spiro atoms. The number of aryl methyl sites for hydroxylation is 1. The van der Waals surface area contributed by atoms with E-state index in [-0.39, 0.29) is 18.1 Å². The largest absolute Gasteiger partial charge is 0.496 e. The van der Waals surface area contributed by atoms with Crippen LogP contribution >= 0.6 is 11.3 Å². The second-order valence-corrected chi connectivity index (χ2v) is 13.1. The van der Waals surface area contributed by atoms with E-state index in [1.807, 2.05) is 17.1 Å². The van der Waals surface area contributed by atoms with Crippen LogP contribution in [0.15, 0.2) is 30.2 Å². The summed E-state index contributed by atoms with van der Waals surface area (Å²) in [5.41, 5.74) is 5.99. The number of thiazole rings is 1. The number of aliphatic hydroxyl groups is 1. The van der Waals surface area contributed by atoms with Crippen LogP contribution in [0.4, 0.5) is 5.13 Å². The minimum absolute atomic E-state index is 0.0481. The van der Waals surface area contributed by atoms with Gasteiger partial charge in [-0.05, 0) is 87.7 Å². The van der Waals surface area contributed by atoms with E-state index in [0.717, 1.165) is 107 Å². The molecule has 8 nitrogen and oxygen atoms in total. The molecule has 4 heterocycles. The van der Waals surface area contributed by atoms with Crippen molar-refractivity contribution < 1.29 is 14.6 Å². The first-order valence-electron chi connectivity index (χ1n) is 16.0. The van der Waals surface area contributed by atoms with Crippen molar-refractivity contribution >= 4 is 28.5 Å². The fraction of sp³-hybridized carbons (Fsp3) is 0.588. The van der Waals surface area contributed by atoms with Crippen LogP contribution in [-0.2, 0) is 4.79 Å². The summed E-state index contributed by atoms with van der Waals surface area (Å²) in [6.45, 7) is 14.9. The fourth-order valence-electron chi connectivity index (χ4n) is 7.03. The molecule has 2 aromatic rings. The highest BCUT2D eigenvalue weighted by molar-refractivity contribution is 7.13. The number of hydrogen-bond acceptors (Lipinski definition) is 8. The summed E-state index contributed by atoms with van der Waals surface area (Å²) in [6, 6.07) is 2.16. The average molecular weight is 608 g/mol. The molecule has 2 unspecified atom stereocenters. The molecule has 1 aromatic heterocycles. The lowest BCUT2D eigenvalue weighted by molar-refractivity contribution is -0.133. The molecule has 3 aliphatic rings. The van der Waals surface area contributed by atoms with Crippen LogP contribution in [0.5, 0.6) is 5.75 Å². The first-order chi connectivity index (χ1) is 20.9. The van der Waals surface area contributed by atoms with Crippen LogP contribution in [0.3, 0.4) is 0 Å². The summed E-state index contributed by atoms with van der Waals surface area (Å²) >= 11 is 1.67. The van der Waals surface area contributed by atoms with Gasteiger partial charge < -0.3 is 25.0 Å². The van der Waals surface area contributed by atoms with Gasteiger partial charge in [0.2, 0.25) is 5.91 Å². The number of anilines is 1. The van der Waals surface area contributed by atoms with Gasteiger partial charge in [0.25, 0.3) is 0 Å². The van der Waals surface area contributed by atoms with E-state index in [0.29, 0.717) is 12.3 Å². The number of nitrogens with zero attached hydrogens (tertiary/aromatic N) is 4. The molecule has 0 bridgehead atoms. The molecular weight excluding hydrogens is 558 g/mol. The number of benzene rings is 1. The summed E-state index contributed by atoms with van der Waals surface area (Å²) in [5, 5.41) is 16.5. The number of aliphatic hydroxyl groups excluding tert-OH is 1. The Balaban J connectivity index is 1.39. The molecule has 0 saturated carbocycles. The number of carbonyl (C=O) groups excluding carboxylic acids is 1. The summed E-state index contributed by atoms with van der Waals surface area (Å²) in [5.74, 6) is 1.61. The van der Waals surface area contributed by atoms with Crippen LogP contribution in [0.25, 0.3) is 6.08 Å². The molecular formula is C34H49N5O3S. The number of rotatable bonds is 9. The Hall–Kier alpha value is -2.72. The Kier molecular flexibility index (Phi) is 10.9. The predicted octanol–water partition coefficient (Wildman–Crippen LogP) is 5.06. The molecule has 1 aromatic carbocycles. The maximum atomic E-state index is 13.6. The Bertz CT molecular complexity index is 1280. The van der Waals surface area contributed by atoms with Crippen molar-refractivity contribution in [3.63, 3.8) is 0 Å². The van der Waals surface area contributed by atoms with Crippen LogP contribution in [0, 0.1) is 13.8 Å². The number of likely N-dealkylation sites (tertiary alicyclic amines) is 1. The SMILES string of the molecule is C=C/C=C\c1cc(C)c(OC)c(C2CCCN(C(CC(=O)N3CCNCC3)c3csc(N4CCC(O)CC4)n3)CC2)c1C. The highest BCUT2D eigenvalue weighted by atomic mass is 32.1. The van der Waals surface area contributed by atoms with Gasteiger partial charge in [0.05, 0.1) is 24.9 Å². The fourth-order valence-corrected chi connectivity index (χ4v) is 7.96. The zero-order chi connectivity index (χ0) is 30.3. The van der Waals surface area contributed by atoms with Crippen molar-refractivity contribution in [2.45, 2.75) is 70.4 Å². The Morgan fingerprint density at radius 3 is 2.65 bits per heavy atom. The van der Waals surface area contributed by atoms with Gasteiger partial charge in [0.15, 0.2) is 5.13 Å². The lowest BCUT2D eigenvalue weighted by Crippen LogP contribution is -2.47. The number of nitrogens with one attached hydrogen (secondary N) is 1. The standard InChI is InChI=1S/C34H49N5O3S/c1-5-6-8-27-21-24(2)33(42-4)32(25(27)3)26-9-7-15-37(16-10-26)30(22-31(41)38-19-13-35-14-20-38)29-23-43-34(36-29)39-17-11-28(40)12-18-39/h5-6,8,21,23,26,28,30,35,40H,1,7,9-20,22H2,2-4H3/b8-6-. The highest BCUT2D eigenvalue weighted by Crippen LogP contribution is 2.42. The third kappa shape index (κ3) is 7.51. The predicted molar refractivity (Wildman–Crippen MR) is 176 cm³/mol. The summed E-state index contributed by atoms with van der Waals surface area (Å²) in [7, 11) is 1.79. The number of piperazine rings is 1. The second-order valence-electron chi connectivity index (χ2n) is 12.2. The number of amides is 1. The summed E-state index contributed by atoms with van der Waals surface area (Å²) < 4.78 is 6.00. The molecule has 3 aliphatic heterocycles.